The first kappa shape index (κ1) is 15.8. The van der Waals surface area contributed by atoms with Crippen molar-refractivity contribution in [2.24, 2.45) is 5.41 Å². The molecule has 1 rings (SSSR count). The quantitative estimate of drug-likeness (QED) is 0.632. The average molecular weight is 274 g/mol. The number of rotatable bonds is 1. The molecule has 0 spiro atoms. The van der Waals surface area contributed by atoms with E-state index in [2.05, 4.69) is 16.6 Å². The number of nitrogen functional groups attached to an aromatic ring is 1. The summed E-state index contributed by atoms with van der Waals surface area (Å²) in [5.41, 5.74) is 6.06. The molecule has 0 saturated carbocycles. The molecule has 1 aromatic rings. The van der Waals surface area contributed by atoms with E-state index in [0.29, 0.717) is 10.6 Å². The van der Waals surface area contributed by atoms with Gasteiger partial charge in [0.25, 0.3) is 0 Å². The van der Waals surface area contributed by atoms with Crippen LogP contribution in [0.5, 0.6) is 0 Å². The minimum atomic E-state index is -0.411. The molecule has 0 atom stereocenters. The number of hydrogen-bond acceptors (Lipinski definition) is 4. The summed E-state index contributed by atoms with van der Waals surface area (Å²) in [6, 6.07) is 1.70. The highest BCUT2D eigenvalue weighted by Crippen LogP contribution is 2.25. The maximum absolute atomic E-state index is 11.3. The van der Waals surface area contributed by atoms with Gasteiger partial charge in [-0.3, -0.25) is 0 Å². The van der Waals surface area contributed by atoms with Crippen molar-refractivity contribution >= 4 is 35.4 Å². The highest BCUT2D eigenvalue weighted by Gasteiger charge is 2.14. The third-order valence-corrected chi connectivity index (χ3v) is 2.74. The molecule has 0 amide bonds. The van der Waals surface area contributed by atoms with Crippen LogP contribution in [0.15, 0.2) is 6.07 Å². The molecule has 17 heavy (non-hydrogen) atoms. The van der Waals surface area contributed by atoms with Crippen LogP contribution in [0.1, 0.15) is 35.3 Å². The van der Waals surface area contributed by atoms with Gasteiger partial charge in [0.2, 0.25) is 0 Å². The van der Waals surface area contributed by atoms with Crippen LogP contribution in [0.25, 0.3) is 0 Å². The summed E-state index contributed by atoms with van der Waals surface area (Å²) in [7, 11) is 1.34. The Morgan fingerprint density at radius 3 is 2.53 bits per heavy atom. The molecular formula is C12H16ClNO2S. The van der Waals surface area contributed by atoms with Crippen LogP contribution in [-0.2, 0) is 4.74 Å². The van der Waals surface area contributed by atoms with Crippen molar-refractivity contribution in [1.29, 1.82) is 0 Å². The fourth-order valence-electron chi connectivity index (χ4n) is 0.968. The Labute approximate surface area is 112 Å². The van der Waals surface area contributed by atoms with Crippen LogP contribution >= 0.6 is 23.7 Å². The topological polar surface area (TPSA) is 52.3 Å². The fourth-order valence-corrected chi connectivity index (χ4v) is 1.82. The van der Waals surface area contributed by atoms with Gasteiger partial charge >= 0.3 is 5.97 Å². The predicted octanol–water partition coefficient (Wildman–Crippen LogP) is 2.94. The number of halogens is 1. The van der Waals surface area contributed by atoms with Crippen molar-refractivity contribution < 1.29 is 9.53 Å². The van der Waals surface area contributed by atoms with Gasteiger partial charge in [-0.15, -0.1) is 23.7 Å². The fraction of sp³-hybridized carbons (Fsp3) is 0.417. The molecule has 0 bridgehead atoms. The summed E-state index contributed by atoms with van der Waals surface area (Å²) in [5, 5.41) is 0. The summed E-state index contributed by atoms with van der Waals surface area (Å²) >= 11 is 1.26. The van der Waals surface area contributed by atoms with Crippen molar-refractivity contribution in [3.05, 3.63) is 15.8 Å². The van der Waals surface area contributed by atoms with E-state index in [0.717, 1.165) is 4.88 Å². The maximum Gasteiger partial charge on any atom is 0.350 e. The number of thiophene rings is 1. The van der Waals surface area contributed by atoms with Crippen LogP contribution in [0.3, 0.4) is 0 Å². The Balaban J connectivity index is 0.00000256. The summed E-state index contributed by atoms with van der Waals surface area (Å²) < 4.78 is 4.62. The predicted molar refractivity (Wildman–Crippen MR) is 73.7 cm³/mol. The van der Waals surface area contributed by atoms with E-state index in [9.17, 15) is 4.79 Å². The summed E-state index contributed by atoms with van der Waals surface area (Å²) in [6.45, 7) is 6.08. The van der Waals surface area contributed by atoms with Gasteiger partial charge in [-0.05, 0) is 26.8 Å². The standard InChI is InChI=1S/C12H15NO2S.ClH/c1-12(2,3)6-5-8-7-9(13)10(16-8)11(14)15-4;/h7H,13H2,1-4H3;1H. The highest BCUT2D eigenvalue weighted by atomic mass is 35.5. The Hall–Kier alpha value is -1.18. The number of hydrogen-bond donors (Lipinski definition) is 1. The first-order valence-corrected chi connectivity index (χ1v) is 5.66. The van der Waals surface area contributed by atoms with Gasteiger partial charge in [-0.25, -0.2) is 4.79 Å². The van der Waals surface area contributed by atoms with Gasteiger partial charge < -0.3 is 10.5 Å². The van der Waals surface area contributed by atoms with Crippen LogP contribution in [0.2, 0.25) is 0 Å². The zero-order chi connectivity index (χ0) is 12.3. The van der Waals surface area contributed by atoms with Gasteiger partial charge in [-0.2, -0.15) is 0 Å². The molecule has 0 radical (unpaired) electrons. The largest absolute Gasteiger partial charge is 0.465 e. The summed E-state index contributed by atoms with van der Waals surface area (Å²) in [4.78, 5) is 12.5. The lowest BCUT2D eigenvalue weighted by atomic mass is 9.98. The van der Waals surface area contributed by atoms with Crippen molar-refractivity contribution in [3.63, 3.8) is 0 Å². The SMILES string of the molecule is COC(=O)c1sc(C#CC(C)(C)C)cc1N.Cl. The van der Waals surface area contributed by atoms with E-state index in [4.69, 9.17) is 5.73 Å². The number of ether oxygens (including phenoxy) is 1. The normalized spacial score (nSPS) is 9.88. The second-order valence-electron chi connectivity index (χ2n) is 4.39. The molecule has 0 aliphatic heterocycles. The second-order valence-corrected chi connectivity index (χ2v) is 5.44. The first-order valence-electron chi connectivity index (χ1n) is 4.84. The van der Waals surface area contributed by atoms with E-state index in [1.165, 1.54) is 18.4 Å². The molecule has 1 aromatic heterocycles. The van der Waals surface area contributed by atoms with Gasteiger partial charge in [0.1, 0.15) is 4.88 Å². The van der Waals surface area contributed by atoms with Crippen molar-refractivity contribution in [2.45, 2.75) is 20.8 Å². The van der Waals surface area contributed by atoms with Crippen LogP contribution < -0.4 is 5.73 Å². The lowest BCUT2D eigenvalue weighted by Gasteiger charge is -2.06. The maximum atomic E-state index is 11.3. The van der Waals surface area contributed by atoms with E-state index >= 15 is 0 Å². The van der Waals surface area contributed by atoms with Gasteiger partial charge in [0.05, 0.1) is 17.7 Å². The van der Waals surface area contributed by atoms with Crippen molar-refractivity contribution in [3.8, 4) is 11.8 Å². The van der Waals surface area contributed by atoms with E-state index in [1.807, 2.05) is 20.8 Å². The zero-order valence-corrected chi connectivity index (χ0v) is 11.9. The molecular weight excluding hydrogens is 258 g/mol. The van der Waals surface area contributed by atoms with Crippen molar-refractivity contribution in [2.75, 3.05) is 12.8 Å². The van der Waals surface area contributed by atoms with Gasteiger partial charge in [0.15, 0.2) is 0 Å². The number of carbonyl (C=O) groups excluding carboxylic acids is 1. The minimum absolute atomic E-state index is 0. The molecule has 0 unspecified atom stereocenters. The molecule has 1 heterocycles. The number of anilines is 1. The molecule has 94 valence electrons. The van der Waals surface area contributed by atoms with E-state index < -0.39 is 5.97 Å². The highest BCUT2D eigenvalue weighted by molar-refractivity contribution is 7.15. The molecule has 0 aliphatic carbocycles. The number of carbonyl (C=O) groups is 1. The van der Waals surface area contributed by atoms with Gasteiger partial charge in [0, 0.05) is 5.41 Å². The Morgan fingerprint density at radius 2 is 2.06 bits per heavy atom. The Kier molecular flexibility index (Phi) is 5.53. The number of methoxy groups -OCH3 is 1. The second kappa shape index (κ2) is 5.95. The smallest absolute Gasteiger partial charge is 0.350 e. The third kappa shape index (κ3) is 4.68. The van der Waals surface area contributed by atoms with E-state index in [-0.39, 0.29) is 17.8 Å². The van der Waals surface area contributed by atoms with Crippen LogP contribution in [0, 0.1) is 17.3 Å². The lowest BCUT2D eigenvalue weighted by Crippen LogP contribution is -2.00. The third-order valence-electron chi connectivity index (χ3n) is 1.69. The van der Waals surface area contributed by atoms with Crippen molar-refractivity contribution in [1.82, 2.24) is 0 Å². The molecule has 0 saturated heterocycles. The van der Waals surface area contributed by atoms with Crippen LogP contribution in [-0.4, -0.2) is 13.1 Å². The lowest BCUT2D eigenvalue weighted by molar-refractivity contribution is 0.0607. The van der Waals surface area contributed by atoms with Gasteiger partial charge in [-0.1, -0.05) is 11.8 Å². The zero-order valence-electron chi connectivity index (χ0n) is 10.3. The van der Waals surface area contributed by atoms with Crippen LogP contribution in [0.4, 0.5) is 5.69 Å². The summed E-state index contributed by atoms with van der Waals surface area (Å²) in [5.74, 6) is 5.68. The first-order chi connectivity index (χ1) is 7.33. The molecule has 2 N–H and O–H groups in total. The molecule has 0 aliphatic rings. The molecule has 5 heteroatoms. The Bertz CT molecular complexity index is 463. The average Bonchev–Trinajstić information content (AvgIpc) is 2.55. The Morgan fingerprint density at radius 1 is 1.47 bits per heavy atom. The monoisotopic (exact) mass is 273 g/mol. The molecule has 0 fully saturated rings. The van der Waals surface area contributed by atoms with E-state index in [1.54, 1.807) is 6.07 Å². The molecule has 0 aromatic carbocycles. The number of nitrogens with two attached hydrogens (primary N) is 1. The minimum Gasteiger partial charge on any atom is -0.465 e. The number of esters is 1. The summed E-state index contributed by atoms with van der Waals surface area (Å²) in [6.07, 6.45) is 0. The molecule has 3 nitrogen and oxygen atoms in total.